The summed E-state index contributed by atoms with van der Waals surface area (Å²) in [6, 6.07) is 0. The molecule has 0 bridgehead atoms. The second kappa shape index (κ2) is 5.39. The number of nitrogens with two attached hydrogens (primary N) is 1. The van der Waals surface area contributed by atoms with Crippen LogP contribution in [-0.4, -0.2) is 25.8 Å². The number of hydrazone groups is 1. The third-order valence-electron chi connectivity index (χ3n) is 2.75. The number of likely N-dealkylation sites (N-methyl/N-ethyl adjacent to an activating group) is 1. The predicted octanol–water partition coefficient (Wildman–Crippen LogP) is 0.428. The smallest absolute Gasteiger partial charge is 0.242 e. The molecule has 6 heteroatoms. The van der Waals surface area contributed by atoms with Gasteiger partial charge in [0.15, 0.2) is 0 Å². The summed E-state index contributed by atoms with van der Waals surface area (Å²) in [5, 5.41) is 7.13. The van der Waals surface area contributed by atoms with Gasteiger partial charge < -0.3 is 15.8 Å². The molecule has 0 spiro atoms. The lowest BCUT2D eigenvalue weighted by Gasteiger charge is -2.13. The monoisotopic (exact) mass is 247 g/mol. The minimum atomic E-state index is 0.165. The molecule has 2 aliphatic rings. The zero-order chi connectivity index (χ0) is 13.0. The zero-order valence-corrected chi connectivity index (χ0v) is 10.5. The Morgan fingerprint density at radius 3 is 3.06 bits per heavy atom. The van der Waals surface area contributed by atoms with E-state index in [1.807, 2.05) is 12.2 Å². The Morgan fingerprint density at radius 2 is 2.44 bits per heavy atom. The minimum Gasteiger partial charge on any atom is -0.421 e. The van der Waals surface area contributed by atoms with E-state index in [1.165, 1.54) is 0 Å². The van der Waals surface area contributed by atoms with Crippen LogP contribution in [0, 0.1) is 5.92 Å². The number of hydrogen-bond acceptors (Lipinski definition) is 5. The molecule has 6 nitrogen and oxygen atoms in total. The Balaban J connectivity index is 2.12. The molecular formula is C12H17N5O. The van der Waals surface area contributed by atoms with E-state index in [9.17, 15) is 0 Å². The summed E-state index contributed by atoms with van der Waals surface area (Å²) in [6.07, 6.45) is 9.02. The van der Waals surface area contributed by atoms with Gasteiger partial charge in [0.05, 0.1) is 5.92 Å². The first-order chi connectivity index (χ1) is 8.76. The van der Waals surface area contributed by atoms with Crippen LogP contribution in [0.2, 0.25) is 0 Å². The first-order valence-corrected chi connectivity index (χ1v) is 5.75. The maximum atomic E-state index is 5.76. The highest BCUT2D eigenvalue weighted by Crippen LogP contribution is 2.19. The highest BCUT2D eigenvalue weighted by Gasteiger charge is 2.24. The molecule has 0 amide bonds. The van der Waals surface area contributed by atoms with E-state index in [0.29, 0.717) is 23.3 Å². The van der Waals surface area contributed by atoms with Crippen molar-refractivity contribution in [2.45, 2.75) is 6.42 Å². The van der Waals surface area contributed by atoms with Crippen LogP contribution in [0.15, 0.2) is 46.0 Å². The Labute approximate surface area is 106 Å². The zero-order valence-electron chi connectivity index (χ0n) is 10.5. The molecule has 1 aliphatic heterocycles. The number of aliphatic imine (C=N–C) groups is 1. The Bertz CT molecular complexity index is 473. The van der Waals surface area contributed by atoms with Gasteiger partial charge in [-0.2, -0.15) is 0 Å². The Kier molecular flexibility index (Phi) is 3.66. The van der Waals surface area contributed by atoms with E-state index in [-0.39, 0.29) is 5.92 Å². The predicted molar refractivity (Wildman–Crippen MR) is 71.7 cm³/mol. The maximum absolute atomic E-state index is 5.76. The summed E-state index contributed by atoms with van der Waals surface area (Å²) < 4.78 is 5.69. The first kappa shape index (κ1) is 12.2. The molecule has 0 aromatic rings. The average molecular weight is 247 g/mol. The van der Waals surface area contributed by atoms with Crippen molar-refractivity contribution in [1.29, 1.82) is 0 Å². The molecule has 0 saturated carbocycles. The molecule has 1 aliphatic carbocycles. The fraction of sp³-hybridized carbons (Fsp3) is 0.333. The van der Waals surface area contributed by atoms with E-state index >= 15 is 0 Å². The van der Waals surface area contributed by atoms with Gasteiger partial charge in [0.25, 0.3) is 0 Å². The van der Waals surface area contributed by atoms with Crippen LogP contribution in [0.5, 0.6) is 0 Å². The standard InChI is InChI=1S/C12H17N5O/c1-14-9(10(13)15-2)12-17-16-11(18-12)8-6-4-3-5-7-8/h3-6,8,14,17H,7H2,1-2H3,(H2,13,15). The molecule has 1 heterocycles. The number of hydrogen-bond donors (Lipinski definition) is 3. The Morgan fingerprint density at radius 1 is 1.61 bits per heavy atom. The number of rotatable bonds is 3. The lowest BCUT2D eigenvalue weighted by atomic mass is 10.0. The molecule has 0 saturated heterocycles. The summed E-state index contributed by atoms with van der Waals surface area (Å²) >= 11 is 0. The lowest BCUT2D eigenvalue weighted by Crippen LogP contribution is -2.28. The van der Waals surface area contributed by atoms with Gasteiger partial charge in [0.2, 0.25) is 11.8 Å². The molecule has 4 N–H and O–H groups in total. The lowest BCUT2D eigenvalue weighted by molar-refractivity contribution is 0.387. The fourth-order valence-corrected chi connectivity index (χ4v) is 1.76. The van der Waals surface area contributed by atoms with Gasteiger partial charge in [0.1, 0.15) is 11.5 Å². The Hall–Kier alpha value is -2.24. The summed E-state index contributed by atoms with van der Waals surface area (Å²) in [5.74, 6) is 1.66. The van der Waals surface area contributed by atoms with Crippen molar-refractivity contribution in [3.05, 3.63) is 35.9 Å². The summed E-state index contributed by atoms with van der Waals surface area (Å²) in [4.78, 5) is 3.92. The third-order valence-corrected chi connectivity index (χ3v) is 2.75. The van der Waals surface area contributed by atoms with Gasteiger partial charge in [-0.25, -0.2) is 5.43 Å². The van der Waals surface area contributed by atoms with Crippen LogP contribution in [0.25, 0.3) is 0 Å². The highest BCUT2D eigenvalue weighted by molar-refractivity contribution is 5.97. The van der Waals surface area contributed by atoms with Crippen LogP contribution in [-0.2, 0) is 4.74 Å². The molecule has 1 atom stereocenters. The number of amidine groups is 1. The molecule has 2 rings (SSSR count). The van der Waals surface area contributed by atoms with Crippen LogP contribution >= 0.6 is 0 Å². The molecule has 0 aromatic carbocycles. The number of ether oxygens (including phenoxy) is 1. The summed E-state index contributed by atoms with van der Waals surface area (Å²) in [7, 11) is 3.38. The van der Waals surface area contributed by atoms with Gasteiger partial charge in [0, 0.05) is 14.1 Å². The van der Waals surface area contributed by atoms with Gasteiger partial charge >= 0.3 is 0 Å². The van der Waals surface area contributed by atoms with Gasteiger partial charge in [-0.3, -0.25) is 4.99 Å². The second-order valence-electron chi connectivity index (χ2n) is 3.88. The first-order valence-electron chi connectivity index (χ1n) is 5.75. The molecule has 96 valence electrons. The van der Waals surface area contributed by atoms with Crippen molar-refractivity contribution in [2.75, 3.05) is 14.1 Å². The molecule has 18 heavy (non-hydrogen) atoms. The van der Waals surface area contributed by atoms with Crippen molar-refractivity contribution in [1.82, 2.24) is 10.7 Å². The van der Waals surface area contributed by atoms with E-state index in [0.717, 1.165) is 6.42 Å². The van der Waals surface area contributed by atoms with Gasteiger partial charge in [-0.05, 0) is 6.42 Å². The number of allylic oxidation sites excluding steroid dienone is 3. The highest BCUT2D eigenvalue weighted by atomic mass is 16.5. The van der Waals surface area contributed by atoms with Crippen molar-refractivity contribution in [2.24, 2.45) is 21.7 Å². The quantitative estimate of drug-likeness (QED) is 0.499. The fourth-order valence-electron chi connectivity index (χ4n) is 1.76. The van der Waals surface area contributed by atoms with Crippen molar-refractivity contribution in [3.63, 3.8) is 0 Å². The van der Waals surface area contributed by atoms with Crippen LogP contribution in [0.4, 0.5) is 0 Å². The van der Waals surface area contributed by atoms with E-state index in [1.54, 1.807) is 14.1 Å². The molecule has 0 radical (unpaired) electrons. The third kappa shape index (κ3) is 2.37. The number of nitrogens with zero attached hydrogens (tertiary/aromatic N) is 2. The van der Waals surface area contributed by atoms with Crippen molar-refractivity contribution in [3.8, 4) is 0 Å². The van der Waals surface area contributed by atoms with E-state index in [4.69, 9.17) is 10.5 Å². The normalized spacial score (nSPS) is 25.3. The topological polar surface area (TPSA) is 84.0 Å². The summed E-state index contributed by atoms with van der Waals surface area (Å²) in [5.41, 5.74) is 9.20. The molecule has 1 unspecified atom stereocenters. The maximum Gasteiger partial charge on any atom is 0.242 e. The van der Waals surface area contributed by atoms with Crippen LogP contribution < -0.4 is 16.5 Å². The largest absolute Gasteiger partial charge is 0.421 e. The number of nitrogens with one attached hydrogen (secondary N) is 2. The minimum absolute atomic E-state index is 0.165. The van der Waals surface area contributed by atoms with Gasteiger partial charge in [-0.15, -0.1) is 5.10 Å². The molecule has 0 fully saturated rings. The second-order valence-corrected chi connectivity index (χ2v) is 3.88. The van der Waals surface area contributed by atoms with Gasteiger partial charge in [-0.1, -0.05) is 24.3 Å². The molecular weight excluding hydrogens is 230 g/mol. The van der Waals surface area contributed by atoms with E-state index < -0.39 is 0 Å². The van der Waals surface area contributed by atoms with Crippen LogP contribution in [0.1, 0.15) is 6.42 Å². The van der Waals surface area contributed by atoms with Crippen molar-refractivity contribution < 1.29 is 4.74 Å². The average Bonchev–Trinajstić information content (AvgIpc) is 2.90. The van der Waals surface area contributed by atoms with Crippen LogP contribution in [0.3, 0.4) is 0 Å². The van der Waals surface area contributed by atoms with E-state index in [2.05, 4.69) is 33.0 Å². The summed E-state index contributed by atoms with van der Waals surface area (Å²) in [6.45, 7) is 0. The van der Waals surface area contributed by atoms with Crippen molar-refractivity contribution >= 4 is 11.7 Å². The molecule has 0 aromatic heterocycles. The SMILES string of the molecule is CN=C(N)C(NC)=C1NN=C(C2C=CC=CC2)O1.